The number of nitrogens with zero attached hydrogens (tertiary/aromatic N) is 5. The first-order chi connectivity index (χ1) is 27.5. The van der Waals surface area contributed by atoms with Gasteiger partial charge in [-0.05, 0) is 112 Å². The number of carbonyl (C=O) groups is 2. The number of nitrogens with one attached hydrogen (secondary N) is 2. The van der Waals surface area contributed by atoms with Crippen LogP contribution in [-0.4, -0.2) is 93.8 Å². The third kappa shape index (κ3) is 9.03. The summed E-state index contributed by atoms with van der Waals surface area (Å²) < 4.78 is 37.0. The first kappa shape index (κ1) is 40.4. The third-order valence-electron chi connectivity index (χ3n) is 13.1. The molecule has 5 aliphatic rings. The Bertz CT molecular complexity index is 1940. The van der Waals surface area contributed by atoms with E-state index >= 15 is 0 Å². The second-order valence-electron chi connectivity index (χ2n) is 16.8. The van der Waals surface area contributed by atoms with E-state index in [1.807, 2.05) is 11.0 Å². The normalized spacial score (nSPS) is 24.0. The van der Waals surface area contributed by atoms with Crippen LogP contribution in [0.1, 0.15) is 94.2 Å². The van der Waals surface area contributed by atoms with Gasteiger partial charge >= 0.3 is 0 Å². The van der Waals surface area contributed by atoms with Crippen molar-refractivity contribution >= 4 is 23.9 Å². The second kappa shape index (κ2) is 17.4. The number of aryl methyl sites for hydroxylation is 3. The van der Waals surface area contributed by atoms with E-state index in [2.05, 4.69) is 46.5 Å². The molecule has 13 heteroatoms. The van der Waals surface area contributed by atoms with Crippen molar-refractivity contribution in [3.63, 3.8) is 0 Å². The van der Waals surface area contributed by atoms with Crippen LogP contribution in [0.2, 0.25) is 0 Å². The summed E-state index contributed by atoms with van der Waals surface area (Å²) in [6.07, 6.45) is 12.8. The number of aromatic nitrogens is 2. The number of hydrogen-bond donors (Lipinski definition) is 3. The number of amides is 1. The summed E-state index contributed by atoms with van der Waals surface area (Å²) in [7, 11) is 1.78. The summed E-state index contributed by atoms with van der Waals surface area (Å²) in [5.41, 5.74) is 6.27. The van der Waals surface area contributed by atoms with Crippen LogP contribution in [0.4, 0.5) is 14.5 Å². The fourth-order valence-electron chi connectivity index (χ4n) is 9.89. The Morgan fingerprint density at radius 3 is 2.39 bits per heavy atom. The van der Waals surface area contributed by atoms with E-state index in [9.17, 15) is 19.0 Å². The minimum Gasteiger partial charge on any atom is -0.490 e. The summed E-state index contributed by atoms with van der Waals surface area (Å²) in [4.78, 5) is 27.4. The Morgan fingerprint density at radius 1 is 1.05 bits per heavy atom. The SMILES string of the molecule is CC(=O)N1CCC(NC2CCN(C3CCC4(CC3)CC(Oc3ccc(C)cc3)C4)CC2)=C(C(=N)N2CCCc3cc(-c4cnn(C)c4)c(C(F)F)cc32)C1.O=CO. The zero-order valence-corrected chi connectivity index (χ0v) is 33.5. The monoisotopic (exact) mass is 785 g/mol. The molecule has 3 aromatic rings. The smallest absolute Gasteiger partial charge is 0.290 e. The van der Waals surface area contributed by atoms with E-state index in [4.69, 9.17) is 14.6 Å². The molecular weight excluding hydrogens is 729 g/mol. The molecule has 3 aliphatic heterocycles. The average Bonchev–Trinajstić information content (AvgIpc) is 3.64. The molecule has 1 saturated heterocycles. The number of likely N-dealkylation sites (tertiary alicyclic amines) is 1. The molecule has 3 fully saturated rings. The van der Waals surface area contributed by atoms with Gasteiger partial charge in [-0.25, -0.2) is 8.78 Å². The predicted molar refractivity (Wildman–Crippen MR) is 217 cm³/mol. The molecule has 2 aromatic carbocycles. The topological polar surface area (TPSA) is 127 Å². The highest BCUT2D eigenvalue weighted by Gasteiger charge is 2.48. The summed E-state index contributed by atoms with van der Waals surface area (Å²) in [6, 6.07) is 12.8. The molecule has 1 spiro atoms. The third-order valence-corrected chi connectivity index (χ3v) is 13.1. The largest absolute Gasteiger partial charge is 0.490 e. The van der Waals surface area contributed by atoms with Gasteiger partial charge in [-0.15, -0.1) is 0 Å². The highest BCUT2D eigenvalue weighted by atomic mass is 19.3. The van der Waals surface area contributed by atoms with Crippen molar-refractivity contribution in [3.05, 3.63) is 76.8 Å². The molecular formula is C44H57F2N7O4. The van der Waals surface area contributed by atoms with Gasteiger partial charge in [0, 0.05) is 92.9 Å². The van der Waals surface area contributed by atoms with Gasteiger partial charge in [0.2, 0.25) is 5.91 Å². The lowest BCUT2D eigenvalue weighted by Crippen LogP contribution is -2.52. The van der Waals surface area contributed by atoms with Crippen molar-refractivity contribution in [3.8, 4) is 16.9 Å². The molecule has 11 nitrogen and oxygen atoms in total. The number of carbonyl (C=O) groups excluding carboxylic acids is 1. The lowest BCUT2D eigenvalue weighted by Gasteiger charge is -2.53. The number of piperidine rings is 1. The fourth-order valence-corrected chi connectivity index (χ4v) is 9.89. The van der Waals surface area contributed by atoms with Gasteiger partial charge in [-0.3, -0.25) is 19.7 Å². The molecule has 57 heavy (non-hydrogen) atoms. The number of benzene rings is 2. The van der Waals surface area contributed by atoms with Gasteiger partial charge in [0.1, 0.15) is 11.6 Å². The molecule has 2 aliphatic carbocycles. The maximum Gasteiger partial charge on any atom is 0.290 e. The molecule has 0 atom stereocenters. The zero-order chi connectivity index (χ0) is 40.3. The summed E-state index contributed by atoms with van der Waals surface area (Å²) in [5.74, 6) is 1.28. The standard InChI is InChI=1S/C43H55F2N7O2.CH2O2/c1-28-6-8-34(9-7-28)54-35-23-43(24-35)15-10-33(11-16-43)50-18-12-32(13-19-50)48-39-14-20-51(29(2)53)27-38(39)42(46)52-17-4-5-30-21-36(31-25-47-49(3)26-31)37(41(44)45)22-40(30)52;2-1-3/h6-9,21-22,25-26,32-33,35,41,46,48H,4-5,10-20,23-24,27H2,1-3H3;1H,(H,2,3). The van der Waals surface area contributed by atoms with E-state index in [-0.39, 0.29) is 17.9 Å². The molecule has 4 heterocycles. The van der Waals surface area contributed by atoms with Gasteiger partial charge in [0.15, 0.2) is 0 Å². The molecule has 2 saturated carbocycles. The van der Waals surface area contributed by atoms with Crippen molar-refractivity contribution in [2.45, 2.75) is 109 Å². The fraction of sp³-hybridized carbons (Fsp3) is 0.545. The number of fused-ring (bicyclic) bond motifs is 1. The van der Waals surface area contributed by atoms with Crippen LogP contribution < -0.4 is 15.0 Å². The van der Waals surface area contributed by atoms with E-state index in [1.165, 1.54) is 44.1 Å². The number of amidine groups is 1. The van der Waals surface area contributed by atoms with E-state index < -0.39 is 6.43 Å². The Kier molecular flexibility index (Phi) is 12.3. The number of alkyl halides is 2. The lowest BCUT2D eigenvalue weighted by atomic mass is 9.58. The van der Waals surface area contributed by atoms with Crippen molar-refractivity contribution < 1.29 is 28.2 Å². The van der Waals surface area contributed by atoms with Crippen LogP contribution in [0.25, 0.3) is 11.1 Å². The van der Waals surface area contributed by atoms with Crippen molar-refractivity contribution in [1.29, 1.82) is 5.41 Å². The highest BCUT2D eigenvalue weighted by molar-refractivity contribution is 6.09. The van der Waals surface area contributed by atoms with Gasteiger partial charge in [0.25, 0.3) is 12.9 Å². The number of rotatable bonds is 8. The first-order valence-electron chi connectivity index (χ1n) is 20.6. The molecule has 1 amide bonds. The Labute approximate surface area is 334 Å². The van der Waals surface area contributed by atoms with Crippen molar-refractivity contribution in [2.24, 2.45) is 12.5 Å². The van der Waals surface area contributed by atoms with Crippen LogP contribution in [-0.2, 0) is 23.1 Å². The first-order valence-corrected chi connectivity index (χ1v) is 20.6. The number of carboxylic acid groups (broad SMARTS) is 1. The molecule has 306 valence electrons. The van der Waals surface area contributed by atoms with E-state index in [0.717, 1.165) is 61.4 Å². The molecule has 0 unspecified atom stereocenters. The molecule has 0 bridgehead atoms. The Morgan fingerprint density at radius 2 is 1.75 bits per heavy atom. The van der Waals surface area contributed by atoms with Crippen molar-refractivity contribution in [2.75, 3.05) is 37.6 Å². The second-order valence-corrected chi connectivity index (χ2v) is 16.8. The molecule has 1 aromatic heterocycles. The van der Waals surface area contributed by atoms with Crippen LogP contribution in [0.15, 0.2) is 60.1 Å². The summed E-state index contributed by atoms with van der Waals surface area (Å²) in [6.45, 7) is 7.07. The van der Waals surface area contributed by atoms with Gasteiger partial charge in [0.05, 0.1) is 18.8 Å². The zero-order valence-electron chi connectivity index (χ0n) is 33.5. The van der Waals surface area contributed by atoms with Crippen LogP contribution >= 0.6 is 0 Å². The molecule has 0 radical (unpaired) electrons. The minimum absolute atomic E-state index is 0.0155. The van der Waals surface area contributed by atoms with E-state index in [1.54, 1.807) is 42.0 Å². The number of halogens is 2. The number of anilines is 1. The molecule has 3 N–H and O–H groups in total. The lowest BCUT2D eigenvalue weighted by molar-refractivity contribution is -0.128. The maximum absolute atomic E-state index is 14.6. The van der Waals surface area contributed by atoms with Crippen molar-refractivity contribution in [1.82, 2.24) is 24.9 Å². The summed E-state index contributed by atoms with van der Waals surface area (Å²) >= 11 is 0. The summed E-state index contributed by atoms with van der Waals surface area (Å²) in [5, 5.41) is 24.5. The molecule has 8 rings (SSSR count). The average molecular weight is 786 g/mol. The van der Waals surface area contributed by atoms with E-state index in [0.29, 0.717) is 72.3 Å². The highest BCUT2D eigenvalue weighted by Crippen LogP contribution is 2.53. The Balaban J connectivity index is 0.00000160. The Hall–Kier alpha value is -4.78. The minimum atomic E-state index is -2.67. The van der Waals surface area contributed by atoms with Crippen LogP contribution in [0.5, 0.6) is 5.75 Å². The predicted octanol–water partition coefficient (Wildman–Crippen LogP) is 7.49. The number of hydrogen-bond acceptors (Lipinski definition) is 7. The van der Waals surface area contributed by atoms with Gasteiger partial charge < -0.3 is 29.9 Å². The van der Waals surface area contributed by atoms with Gasteiger partial charge in [-0.2, -0.15) is 5.10 Å². The quantitative estimate of drug-likeness (QED) is 0.122. The van der Waals surface area contributed by atoms with Crippen LogP contribution in [0.3, 0.4) is 0 Å². The van der Waals surface area contributed by atoms with Crippen LogP contribution in [0, 0.1) is 17.7 Å². The number of ether oxygens (including phenoxy) is 1. The van der Waals surface area contributed by atoms with Gasteiger partial charge in [-0.1, -0.05) is 17.7 Å². The maximum atomic E-state index is 14.6.